The molecule has 148 valence electrons. The SMILES string of the molecule is Cc1cnc(C2(O)CC3CCCN(C(=O)C4C=C(c5cn[nH]c5)SC4)C3C2)s1. The number of hydrogen-bond acceptors (Lipinski definition) is 6. The Labute approximate surface area is 172 Å². The first kappa shape index (κ1) is 18.4. The first-order valence-electron chi connectivity index (χ1n) is 9.83. The van der Waals surface area contributed by atoms with E-state index in [1.165, 1.54) is 0 Å². The molecule has 5 rings (SSSR count). The van der Waals surface area contributed by atoms with E-state index in [1.54, 1.807) is 29.3 Å². The van der Waals surface area contributed by atoms with Crippen molar-refractivity contribution in [2.75, 3.05) is 12.3 Å². The number of aryl methyl sites for hydroxylation is 1. The number of rotatable bonds is 3. The van der Waals surface area contributed by atoms with Crippen LogP contribution in [0.15, 0.2) is 24.7 Å². The smallest absolute Gasteiger partial charge is 0.230 e. The lowest BCUT2D eigenvalue weighted by molar-refractivity contribution is -0.138. The van der Waals surface area contributed by atoms with Crippen LogP contribution in [0.2, 0.25) is 0 Å². The summed E-state index contributed by atoms with van der Waals surface area (Å²) < 4.78 is 0. The van der Waals surface area contributed by atoms with Crippen LogP contribution in [0, 0.1) is 18.8 Å². The number of likely N-dealkylation sites (tertiary alicyclic amines) is 1. The lowest BCUT2D eigenvalue weighted by Crippen LogP contribution is -2.48. The molecule has 6 nitrogen and oxygen atoms in total. The molecule has 3 aliphatic rings. The molecule has 1 aliphatic carbocycles. The Morgan fingerprint density at radius 1 is 1.39 bits per heavy atom. The average Bonchev–Trinajstić information content (AvgIpc) is 3.45. The Balaban J connectivity index is 1.35. The number of hydrogen-bond donors (Lipinski definition) is 2. The molecule has 28 heavy (non-hydrogen) atoms. The second-order valence-electron chi connectivity index (χ2n) is 8.15. The monoisotopic (exact) mass is 416 g/mol. The second-order valence-corrected chi connectivity index (χ2v) is 10.4. The molecule has 1 saturated heterocycles. The minimum absolute atomic E-state index is 0.0931. The van der Waals surface area contributed by atoms with Crippen molar-refractivity contribution in [3.63, 3.8) is 0 Å². The number of carbonyl (C=O) groups is 1. The van der Waals surface area contributed by atoms with Crippen molar-refractivity contribution in [1.29, 1.82) is 0 Å². The van der Waals surface area contributed by atoms with E-state index in [9.17, 15) is 9.90 Å². The van der Waals surface area contributed by atoms with Gasteiger partial charge in [0, 0.05) is 52.5 Å². The molecule has 2 N–H and O–H groups in total. The predicted octanol–water partition coefficient (Wildman–Crippen LogP) is 3.17. The summed E-state index contributed by atoms with van der Waals surface area (Å²) in [5, 5.41) is 19.0. The minimum atomic E-state index is -0.890. The average molecular weight is 417 g/mol. The summed E-state index contributed by atoms with van der Waals surface area (Å²) in [5.41, 5.74) is 0.158. The fraction of sp³-hybridized carbons (Fsp3) is 0.550. The van der Waals surface area contributed by atoms with Crippen LogP contribution in [0.5, 0.6) is 0 Å². The standard InChI is InChI=1S/C20H24N4O2S2/c1-12-8-21-19(28-12)20(26)6-13-3-2-4-24(16(13)7-20)18(25)14-5-17(27-11-14)15-9-22-23-10-15/h5,8-10,13-14,16,26H,2-4,6-7,11H2,1H3,(H,22,23). The first-order valence-corrected chi connectivity index (χ1v) is 11.6. The second kappa shape index (κ2) is 7.00. The van der Waals surface area contributed by atoms with Crippen LogP contribution < -0.4 is 0 Å². The van der Waals surface area contributed by atoms with E-state index >= 15 is 0 Å². The third kappa shape index (κ3) is 3.11. The van der Waals surface area contributed by atoms with Gasteiger partial charge in [0.15, 0.2) is 0 Å². The maximum atomic E-state index is 13.4. The van der Waals surface area contributed by atoms with Crippen molar-refractivity contribution in [1.82, 2.24) is 20.1 Å². The molecule has 1 saturated carbocycles. The van der Waals surface area contributed by atoms with Gasteiger partial charge in [0.1, 0.15) is 10.6 Å². The summed E-state index contributed by atoms with van der Waals surface area (Å²) in [6.07, 6.45) is 11.0. The van der Waals surface area contributed by atoms with E-state index in [4.69, 9.17) is 0 Å². The van der Waals surface area contributed by atoms with Crippen LogP contribution >= 0.6 is 23.1 Å². The molecule has 2 aromatic rings. The van der Waals surface area contributed by atoms with Crippen LogP contribution in [0.4, 0.5) is 0 Å². The van der Waals surface area contributed by atoms with Gasteiger partial charge in [-0.15, -0.1) is 23.1 Å². The largest absolute Gasteiger partial charge is 0.383 e. The van der Waals surface area contributed by atoms with Gasteiger partial charge in [0.2, 0.25) is 5.91 Å². The molecule has 0 bridgehead atoms. The zero-order chi connectivity index (χ0) is 19.3. The molecule has 4 unspecified atom stereocenters. The van der Waals surface area contributed by atoms with Gasteiger partial charge < -0.3 is 10.0 Å². The molecule has 0 aromatic carbocycles. The summed E-state index contributed by atoms with van der Waals surface area (Å²) in [5.74, 6) is 1.26. The van der Waals surface area contributed by atoms with Gasteiger partial charge in [-0.3, -0.25) is 9.89 Å². The molecule has 2 aromatic heterocycles. The molecule has 0 spiro atoms. The topological polar surface area (TPSA) is 82.1 Å². The number of aromatic nitrogens is 3. The van der Waals surface area contributed by atoms with Gasteiger partial charge in [-0.2, -0.15) is 5.10 Å². The molecule has 8 heteroatoms. The van der Waals surface area contributed by atoms with E-state index in [2.05, 4.69) is 26.2 Å². The zero-order valence-electron chi connectivity index (χ0n) is 15.8. The lowest BCUT2D eigenvalue weighted by atomic mass is 9.90. The quantitative estimate of drug-likeness (QED) is 0.803. The number of thioether (sulfide) groups is 1. The Morgan fingerprint density at radius 3 is 3.04 bits per heavy atom. The maximum absolute atomic E-state index is 13.4. The van der Waals surface area contributed by atoms with Crippen LogP contribution in [-0.4, -0.2) is 49.4 Å². The summed E-state index contributed by atoms with van der Waals surface area (Å²) in [4.78, 5) is 22.1. The number of piperidine rings is 1. The van der Waals surface area contributed by atoms with Gasteiger partial charge in [-0.25, -0.2) is 4.98 Å². The zero-order valence-corrected chi connectivity index (χ0v) is 17.4. The molecular weight excluding hydrogens is 392 g/mol. The van der Waals surface area contributed by atoms with Gasteiger partial charge in [-0.1, -0.05) is 6.08 Å². The van der Waals surface area contributed by atoms with Crippen molar-refractivity contribution in [3.05, 3.63) is 40.1 Å². The van der Waals surface area contributed by atoms with E-state index in [-0.39, 0.29) is 17.9 Å². The normalized spacial score (nSPS) is 32.4. The molecule has 4 heterocycles. The van der Waals surface area contributed by atoms with Gasteiger partial charge >= 0.3 is 0 Å². The van der Waals surface area contributed by atoms with Crippen LogP contribution in [0.25, 0.3) is 4.91 Å². The van der Waals surface area contributed by atoms with Crippen LogP contribution in [0.1, 0.15) is 41.1 Å². The fourth-order valence-electron chi connectivity index (χ4n) is 4.91. The summed E-state index contributed by atoms with van der Waals surface area (Å²) in [7, 11) is 0. The van der Waals surface area contributed by atoms with Crippen LogP contribution in [0.3, 0.4) is 0 Å². The van der Waals surface area contributed by atoms with E-state index in [0.29, 0.717) is 18.8 Å². The van der Waals surface area contributed by atoms with E-state index < -0.39 is 5.60 Å². The highest BCUT2D eigenvalue weighted by molar-refractivity contribution is 8.08. The molecule has 4 atom stereocenters. The third-order valence-electron chi connectivity index (χ3n) is 6.24. The molecular formula is C20H24N4O2S2. The predicted molar refractivity (Wildman–Crippen MR) is 111 cm³/mol. The Morgan fingerprint density at radius 2 is 2.29 bits per heavy atom. The minimum Gasteiger partial charge on any atom is -0.383 e. The highest BCUT2D eigenvalue weighted by Gasteiger charge is 2.51. The van der Waals surface area contributed by atoms with Crippen molar-refractivity contribution >= 4 is 33.9 Å². The number of aliphatic hydroxyl groups is 1. The van der Waals surface area contributed by atoms with Crippen molar-refractivity contribution < 1.29 is 9.90 Å². The Bertz CT molecular complexity index is 909. The van der Waals surface area contributed by atoms with Gasteiger partial charge in [0.05, 0.1) is 12.1 Å². The summed E-state index contributed by atoms with van der Waals surface area (Å²) >= 11 is 3.30. The first-order chi connectivity index (χ1) is 13.5. The lowest BCUT2D eigenvalue weighted by Gasteiger charge is -2.38. The summed E-state index contributed by atoms with van der Waals surface area (Å²) in [6, 6.07) is 0.117. The van der Waals surface area contributed by atoms with Crippen molar-refractivity contribution in [2.45, 2.75) is 44.2 Å². The number of fused-ring (bicyclic) bond motifs is 1. The number of H-pyrrole nitrogens is 1. The van der Waals surface area contributed by atoms with E-state index in [0.717, 1.165) is 45.5 Å². The molecule has 2 fully saturated rings. The van der Waals surface area contributed by atoms with Crippen molar-refractivity contribution in [3.8, 4) is 0 Å². The highest BCUT2D eigenvalue weighted by atomic mass is 32.2. The number of aromatic amines is 1. The van der Waals surface area contributed by atoms with Gasteiger partial charge in [0.25, 0.3) is 0 Å². The van der Waals surface area contributed by atoms with E-state index in [1.807, 2.05) is 19.3 Å². The summed E-state index contributed by atoms with van der Waals surface area (Å²) in [6.45, 7) is 2.81. The fourth-order valence-corrected chi connectivity index (χ4v) is 6.92. The third-order valence-corrected chi connectivity index (χ3v) is 8.55. The Kier molecular flexibility index (Phi) is 4.60. The number of nitrogens with one attached hydrogen (secondary N) is 1. The maximum Gasteiger partial charge on any atom is 0.230 e. The molecule has 2 aliphatic heterocycles. The highest BCUT2D eigenvalue weighted by Crippen LogP contribution is 2.49. The number of carbonyl (C=O) groups excluding carboxylic acids is 1. The van der Waals surface area contributed by atoms with Crippen LogP contribution in [-0.2, 0) is 10.4 Å². The molecule has 0 radical (unpaired) electrons. The molecule has 1 amide bonds. The number of thiazole rings is 1. The van der Waals surface area contributed by atoms with Gasteiger partial charge in [-0.05, 0) is 32.1 Å². The van der Waals surface area contributed by atoms with Crippen molar-refractivity contribution in [2.24, 2.45) is 11.8 Å². The number of nitrogens with zero attached hydrogens (tertiary/aromatic N) is 3. The number of amides is 1. The Hall–Kier alpha value is -1.64.